The Hall–Kier alpha value is -3.07. The first-order valence-corrected chi connectivity index (χ1v) is 13.3. The fourth-order valence-electron chi connectivity index (χ4n) is 4.47. The van der Waals surface area contributed by atoms with Crippen molar-refractivity contribution in [1.29, 1.82) is 0 Å². The molecule has 188 valence electrons. The maximum atomic E-state index is 13.1. The molecule has 2 aliphatic rings. The van der Waals surface area contributed by atoms with Crippen LogP contribution in [0.15, 0.2) is 35.0 Å². The van der Waals surface area contributed by atoms with Crippen LogP contribution in [0.5, 0.6) is 11.5 Å². The number of rotatable bonds is 8. The van der Waals surface area contributed by atoms with Crippen LogP contribution < -0.4 is 14.8 Å². The molecule has 0 aliphatic carbocycles. The van der Waals surface area contributed by atoms with Crippen molar-refractivity contribution in [3.63, 3.8) is 0 Å². The third-order valence-corrected chi connectivity index (χ3v) is 7.13. The van der Waals surface area contributed by atoms with Crippen molar-refractivity contribution in [2.45, 2.75) is 45.1 Å². The first-order valence-electron chi connectivity index (χ1n) is 12.3. The van der Waals surface area contributed by atoms with E-state index in [1.54, 1.807) is 23.1 Å². The molecule has 9 heteroatoms. The third-order valence-electron chi connectivity index (χ3n) is 6.45. The van der Waals surface area contributed by atoms with Gasteiger partial charge in [0.15, 0.2) is 18.1 Å². The molecule has 0 bridgehead atoms. The van der Waals surface area contributed by atoms with Gasteiger partial charge in [-0.2, -0.15) is 11.3 Å². The van der Waals surface area contributed by atoms with Gasteiger partial charge in [-0.15, -0.1) is 0 Å². The summed E-state index contributed by atoms with van der Waals surface area (Å²) >= 11 is 1.50. The zero-order valence-electron chi connectivity index (χ0n) is 20.2. The van der Waals surface area contributed by atoms with Crippen molar-refractivity contribution >= 4 is 29.1 Å². The van der Waals surface area contributed by atoms with Crippen molar-refractivity contribution in [3.05, 3.63) is 46.2 Å². The number of carbonyl (C=O) groups excluding carboxylic acids is 3. The number of nitrogens with zero attached hydrogens (tertiary/aromatic N) is 2. The number of nitrogens with one attached hydrogen (secondary N) is 1. The van der Waals surface area contributed by atoms with E-state index in [0.29, 0.717) is 55.2 Å². The van der Waals surface area contributed by atoms with Crippen LogP contribution >= 0.6 is 11.3 Å². The summed E-state index contributed by atoms with van der Waals surface area (Å²) in [5, 5.41) is 6.78. The van der Waals surface area contributed by atoms with Crippen LogP contribution in [0.3, 0.4) is 0 Å². The predicted octanol–water partition coefficient (Wildman–Crippen LogP) is 3.57. The highest BCUT2D eigenvalue weighted by atomic mass is 32.1. The Kier molecular flexibility index (Phi) is 8.63. The van der Waals surface area contributed by atoms with Crippen LogP contribution in [0.1, 0.15) is 59.7 Å². The van der Waals surface area contributed by atoms with Gasteiger partial charge in [0, 0.05) is 48.7 Å². The molecule has 0 spiro atoms. The van der Waals surface area contributed by atoms with E-state index in [1.807, 2.05) is 28.7 Å². The standard InChI is InChI=1S/C26H33N3O5S/c1-2-33-23-16-19(6-7-22(23)34-17-24(30)28-11-4-3-5-12-28)26(32)29-13-8-21(9-14-29)27-25(31)20-10-15-35-18-20/h6-7,10,15-16,18,21H,2-5,8-9,11-14,17H2,1H3,(H,27,31). The highest BCUT2D eigenvalue weighted by Gasteiger charge is 2.26. The van der Waals surface area contributed by atoms with Gasteiger partial charge in [-0.05, 0) is 68.7 Å². The summed E-state index contributed by atoms with van der Waals surface area (Å²) in [5.74, 6) is 0.754. The van der Waals surface area contributed by atoms with Crippen LogP contribution in [0.2, 0.25) is 0 Å². The van der Waals surface area contributed by atoms with Gasteiger partial charge in [-0.3, -0.25) is 14.4 Å². The van der Waals surface area contributed by atoms with Crippen LogP contribution in [0, 0.1) is 0 Å². The Labute approximate surface area is 210 Å². The summed E-state index contributed by atoms with van der Waals surface area (Å²) in [6.45, 7) is 4.94. The topological polar surface area (TPSA) is 88.2 Å². The molecule has 2 saturated heterocycles. The average Bonchev–Trinajstić information content (AvgIpc) is 3.44. The average molecular weight is 500 g/mol. The predicted molar refractivity (Wildman–Crippen MR) is 134 cm³/mol. The molecule has 1 aromatic carbocycles. The lowest BCUT2D eigenvalue weighted by Crippen LogP contribution is -2.46. The van der Waals surface area contributed by atoms with Crippen LogP contribution in [0.4, 0.5) is 0 Å². The molecule has 8 nitrogen and oxygen atoms in total. The third kappa shape index (κ3) is 6.54. The van der Waals surface area contributed by atoms with Gasteiger partial charge < -0.3 is 24.6 Å². The molecule has 2 fully saturated rings. The minimum absolute atomic E-state index is 0.0266. The molecule has 2 aromatic rings. The quantitative estimate of drug-likeness (QED) is 0.600. The molecule has 1 N–H and O–H groups in total. The van der Waals surface area contributed by atoms with Gasteiger partial charge >= 0.3 is 0 Å². The van der Waals surface area contributed by atoms with E-state index >= 15 is 0 Å². The maximum Gasteiger partial charge on any atom is 0.260 e. The first-order chi connectivity index (χ1) is 17.0. The lowest BCUT2D eigenvalue weighted by molar-refractivity contribution is -0.134. The highest BCUT2D eigenvalue weighted by Crippen LogP contribution is 2.30. The Morgan fingerprint density at radius 3 is 2.40 bits per heavy atom. The first kappa shape index (κ1) is 25.0. The summed E-state index contributed by atoms with van der Waals surface area (Å²) in [6.07, 6.45) is 4.64. The van der Waals surface area contributed by atoms with Crippen molar-refractivity contribution in [2.75, 3.05) is 39.4 Å². The summed E-state index contributed by atoms with van der Waals surface area (Å²) in [4.78, 5) is 41.5. The summed E-state index contributed by atoms with van der Waals surface area (Å²) < 4.78 is 11.5. The number of carbonyl (C=O) groups is 3. The van der Waals surface area contributed by atoms with E-state index in [2.05, 4.69) is 5.32 Å². The SMILES string of the molecule is CCOc1cc(C(=O)N2CCC(NC(=O)c3ccsc3)CC2)ccc1OCC(=O)N1CCCCC1. The van der Waals surface area contributed by atoms with Gasteiger partial charge in [-0.25, -0.2) is 0 Å². The number of piperidine rings is 2. The van der Waals surface area contributed by atoms with Gasteiger partial charge in [0.1, 0.15) is 0 Å². The number of hydrogen-bond donors (Lipinski definition) is 1. The van der Waals surface area contributed by atoms with Crippen molar-refractivity contribution < 1.29 is 23.9 Å². The zero-order chi connectivity index (χ0) is 24.6. The second-order valence-electron chi connectivity index (χ2n) is 8.88. The van der Waals surface area contributed by atoms with Crippen LogP contribution in [-0.2, 0) is 4.79 Å². The molecule has 4 rings (SSSR count). The Morgan fingerprint density at radius 2 is 1.71 bits per heavy atom. The highest BCUT2D eigenvalue weighted by molar-refractivity contribution is 7.08. The van der Waals surface area contributed by atoms with Crippen LogP contribution in [-0.4, -0.2) is 73.0 Å². The molecule has 35 heavy (non-hydrogen) atoms. The van der Waals surface area contributed by atoms with E-state index in [4.69, 9.17) is 9.47 Å². The van der Waals surface area contributed by atoms with Crippen molar-refractivity contribution in [1.82, 2.24) is 15.1 Å². The fraction of sp³-hybridized carbons (Fsp3) is 0.500. The normalized spacial score (nSPS) is 16.6. The smallest absolute Gasteiger partial charge is 0.260 e. The molecule has 3 amide bonds. The van der Waals surface area contributed by atoms with Gasteiger partial charge in [-0.1, -0.05) is 0 Å². The van der Waals surface area contributed by atoms with E-state index in [1.165, 1.54) is 11.3 Å². The summed E-state index contributed by atoms with van der Waals surface area (Å²) in [7, 11) is 0. The number of likely N-dealkylation sites (tertiary alicyclic amines) is 2. The number of amides is 3. The van der Waals surface area contributed by atoms with E-state index in [0.717, 1.165) is 32.4 Å². The molecular formula is C26H33N3O5S. The van der Waals surface area contributed by atoms with Gasteiger partial charge in [0.25, 0.3) is 17.7 Å². The minimum atomic E-state index is -0.0792. The molecule has 0 atom stereocenters. The zero-order valence-corrected chi connectivity index (χ0v) is 21.0. The lowest BCUT2D eigenvalue weighted by atomic mass is 10.0. The number of hydrogen-bond acceptors (Lipinski definition) is 6. The summed E-state index contributed by atoms with van der Waals surface area (Å²) in [6, 6.07) is 6.98. The monoisotopic (exact) mass is 499 g/mol. The molecule has 0 saturated carbocycles. The molecule has 0 radical (unpaired) electrons. The second kappa shape index (κ2) is 12.1. The molecule has 1 aromatic heterocycles. The second-order valence-corrected chi connectivity index (χ2v) is 9.66. The number of thiophene rings is 1. The van der Waals surface area contributed by atoms with E-state index in [9.17, 15) is 14.4 Å². The maximum absolute atomic E-state index is 13.1. The van der Waals surface area contributed by atoms with Gasteiger partial charge in [0.2, 0.25) is 0 Å². The molecule has 3 heterocycles. The molecular weight excluding hydrogens is 466 g/mol. The minimum Gasteiger partial charge on any atom is -0.490 e. The summed E-state index contributed by atoms with van der Waals surface area (Å²) in [5.41, 5.74) is 1.20. The Morgan fingerprint density at radius 1 is 0.943 bits per heavy atom. The number of ether oxygens (including phenoxy) is 2. The molecule has 2 aliphatic heterocycles. The Bertz CT molecular complexity index is 1010. The van der Waals surface area contributed by atoms with Crippen LogP contribution in [0.25, 0.3) is 0 Å². The largest absolute Gasteiger partial charge is 0.490 e. The van der Waals surface area contributed by atoms with Crippen molar-refractivity contribution in [2.24, 2.45) is 0 Å². The van der Waals surface area contributed by atoms with Crippen molar-refractivity contribution in [3.8, 4) is 11.5 Å². The lowest BCUT2D eigenvalue weighted by Gasteiger charge is -2.32. The van der Waals surface area contributed by atoms with E-state index in [-0.39, 0.29) is 30.4 Å². The number of benzene rings is 1. The Balaban J connectivity index is 1.32. The van der Waals surface area contributed by atoms with E-state index < -0.39 is 0 Å². The fourth-order valence-corrected chi connectivity index (χ4v) is 5.11. The molecule has 0 unspecified atom stereocenters. The van der Waals surface area contributed by atoms with Gasteiger partial charge in [0.05, 0.1) is 6.61 Å².